The van der Waals surface area contributed by atoms with Gasteiger partial charge in [0.1, 0.15) is 5.82 Å². The molecule has 106 valence electrons. The van der Waals surface area contributed by atoms with E-state index in [1.165, 1.54) is 0 Å². The minimum Gasteiger partial charge on any atom is -0.272 e. The zero-order valence-electron chi connectivity index (χ0n) is 10.8. The van der Waals surface area contributed by atoms with Crippen LogP contribution in [0, 0.1) is 4.77 Å². The number of halogens is 2. The van der Waals surface area contributed by atoms with Crippen molar-refractivity contribution in [1.29, 1.82) is 0 Å². The fraction of sp³-hybridized carbons (Fsp3) is 0.0714. The van der Waals surface area contributed by atoms with Crippen molar-refractivity contribution in [2.24, 2.45) is 0 Å². The lowest BCUT2D eigenvalue weighted by Gasteiger charge is -2.07. The Kier molecular flexibility index (Phi) is 4.05. The van der Waals surface area contributed by atoms with E-state index in [1.54, 1.807) is 18.3 Å². The predicted octanol–water partition coefficient (Wildman–Crippen LogP) is 4.22. The molecule has 0 aliphatic rings. The maximum atomic E-state index is 6.07. The van der Waals surface area contributed by atoms with Crippen LogP contribution in [0.5, 0.6) is 0 Å². The van der Waals surface area contributed by atoms with Gasteiger partial charge in [0, 0.05) is 11.9 Å². The first-order chi connectivity index (χ1) is 10.1. The Morgan fingerprint density at radius 3 is 2.71 bits per heavy atom. The number of benzene rings is 1. The lowest BCUT2D eigenvalue weighted by atomic mass is 10.2. The van der Waals surface area contributed by atoms with Crippen molar-refractivity contribution in [2.75, 3.05) is 0 Å². The maximum Gasteiger partial charge on any atom is 0.199 e. The average molecular weight is 337 g/mol. The largest absolute Gasteiger partial charge is 0.272 e. The third-order valence-corrected chi connectivity index (χ3v) is 3.98. The number of pyridine rings is 1. The number of hydrogen-bond acceptors (Lipinski definition) is 3. The summed E-state index contributed by atoms with van der Waals surface area (Å²) in [6, 6.07) is 11.1. The average Bonchev–Trinajstić information content (AvgIpc) is 2.84. The van der Waals surface area contributed by atoms with E-state index < -0.39 is 0 Å². The molecule has 0 bridgehead atoms. The van der Waals surface area contributed by atoms with Gasteiger partial charge >= 0.3 is 0 Å². The Morgan fingerprint density at radius 2 is 2.00 bits per heavy atom. The summed E-state index contributed by atoms with van der Waals surface area (Å²) in [6.45, 7) is 0. The van der Waals surface area contributed by atoms with Gasteiger partial charge in [-0.25, -0.2) is 0 Å². The summed E-state index contributed by atoms with van der Waals surface area (Å²) in [5, 5.41) is 8.05. The molecule has 4 nitrogen and oxygen atoms in total. The SMILES string of the molecule is S=c1[nH]nc(Cc2ccccn2)n1-c1ccc(Cl)c(Cl)c1. The molecule has 0 unspecified atom stereocenters. The summed E-state index contributed by atoms with van der Waals surface area (Å²) in [4.78, 5) is 4.30. The van der Waals surface area contributed by atoms with Crippen LogP contribution >= 0.6 is 35.4 Å². The molecular formula is C14H10Cl2N4S. The highest BCUT2D eigenvalue weighted by Gasteiger charge is 2.11. The Morgan fingerprint density at radius 1 is 1.14 bits per heavy atom. The van der Waals surface area contributed by atoms with Gasteiger partial charge in [0.25, 0.3) is 0 Å². The number of nitrogens with zero attached hydrogens (tertiary/aromatic N) is 3. The van der Waals surface area contributed by atoms with Crippen molar-refractivity contribution in [3.05, 3.63) is 68.9 Å². The van der Waals surface area contributed by atoms with Crippen molar-refractivity contribution in [2.45, 2.75) is 6.42 Å². The number of H-pyrrole nitrogens is 1. The minimum absolute atomic E-state index is 0.473. The second kappa shape index (κ2) is 5.97. The van der Waals surface area contributed by atoms with E-state index in [4.69, 9.17) is 35.4 Å². The van der Waals surface area contributed by atoms with E-state index in [0.717, 1.165) is 17.2 Å². The highest BCUT2D eigenvalue weighted by Crippen LogP contribution is 2.25. The van der Waals surface area contributed by atoms with Crippen LogP contribution in [0.15, 0.2) is 42.6 Å². The summed E-state index contributed by atoms with van der Waals surface area (Å²) in [7, 11) is 0. The molecule has 0 fully saturated rings. The van der Waals surface area contributed by atoms with Crippen molar-refractivity contribution in [1.82, 2.24) is 19.7 Å². The molecular weight excluding hydrogens is 327 g/mol. The fourth-order valence-electron chi connectivity index (χ4n) is 2.00. The topological polar surface area (TPSA) is 46.5 Å². The number of aromatic nitrogens is 4. The maximum absolute atomic E-state index is 6.07. The summed E-state index contributed by atoms with van der Waals surface area (Å²) in [5.74, 6) is 0.761. The Hall–Kier alpha value is -1.69. The van der Waals surface area contributed by atoms with Gasteiger partial charge in [0.2, 0.25) is 0 Å². The Bertz CT molecular complexity index is 826. The molecule has 0 amide bonds. The molecule has 0 radical (unpaired) electrons. The van der Waals surface area contributed by atoms with Gasteiger partial charge in [-0.3, -0.25) is 14.6 Å². The van der Waals surface area contributed by atoms with Crippen LogP contribution in [0.25, 0.3) is 5.69 Å². The van der Waals surface area contributed by atoms with Crippen molar-refractivity contribution >= 4 is 35.4 Å². The first kappa shape index (κ1) is 14.3. The molecule has 7 heteroatoms. The van der Waals surface area contributed by atoms with Gasteiger partial charge in [-0.1, -0.05) is 29.3 Å². The van der Waals surface area contributed by atoms with E-state index in [2.05, 4.69) is 15.2 Å². The van der Waals surface area contributed by atoms with Gasteiger partial charge in [0.05, 0.1) is 22.2 Å². The van der Waals surface area contributed by atoms with Crippen LogP contribution in [0.1, 0.15) is 11.5 Å². The second-order valence-corrected chi connectivity index (χ2v) is 5.58. The molecule has 1 N–H and O–H groups in total. The molecule has 2 aromatic heterocycles. The lowest BCUT2D eigenvalue weighted by Crippen LogP contribution is -2.03. The number of nitrogens with one attached hydrogen (secondary N) is 1. The van der Waals surface area contributed by atoms with Crippen LogP contribution in [0.2, 0.25) is 10.0 Å². The smallest absolute Gasteiger partial charge is 0.199 e. The number of hydrogen-bond donors (Lipinski definition) is 1. The summed E-state index contributed by atoms with van der Waals surface area (Å²) in [5.41, 5.74) is 1.72. The van der Waals surface area contributed by atoms with Crippen LogP contribution in [-0.2, 0) is 6.42 Å². The summed E-state index contributed by atoms with van der Waals surface area (Å²) < 4.78 is 2.32. The van der Waals surface area contributed by atoms with Gasteiger partial charge in [-0.15, -0.1) is 0 Å². The Balaban J connectivity index is 2.05. The van der Waals surface area contributed by atoms with Gasteiger partial charge < -0.3 is 0 Å². The molecule has 3 aromatic rings. The third-order valence-electron chi connectivity index (χ3n) is 2.97. The fourth-order valence-corrected chi connectivity index (χ4v) is 2.55. The second-order valence-electron chi connectivity index (χ2n) is 4.38. The first-order valence-electron chi connectivity index (χ1n) is 6.17. The van der Waals surface area contributed by atoms with Crippen LogP contribution in [-0.4, -0.2) is 19.7 Å². The van der Waals surface area contributed by atoms with Gasteiger partial charge in [-0.05, 0) is 42.5 Å². The molecule has 2 heterocycles. The molecule has 0 spiro atoms. The van der Waals surface area contributed by atoms with Crippen LogP contribution < -0.4 is 0 Å². The van der Waals surface area contributed by atoms with Gasteiger partial charge in [0.15, 0.2) is 4.77 Å². The summed E-state index contributed by atoms with van der Waals surface area (Å²) in [6.07, 6.45) is 2.31. The molecule has 0 atom stereocenters. The highest BCUT2D eigenvalue weighted by molar-refractivity contribution is 7.71. The monoisotopic (exact) mass is 336 g/mol. The third kappa shape index (κ3) is 3.00. The van der Waals surface area contributed by atoms with Crippen molar-refractivity contribution in [3.8, 4) is 5.69 Å². The predicted molar refractivity (Wildman–Crippen MR) is 85.8 cm³/mol. The van der Waals surface area contributed by atoms with E-state index >= 15 is 0 Å². The molecule has 0 saturated carbocycles. The highest BCUT2D eigenvalue weighted by atomic mass is 35.5. The molecule has 3 rings (SSSR count). The standard InChI is InChI=1S/C14H10Cl2N4S/c15-11-5-4-10(8-12(11)16)20-13(18-19-14(20)21)7-9-3-1-2-6-17-9/h1-6,8H,7H2,(H,19,21). The van der Waals surface area contributed by atoms with Crippen LogP contribution in [0.3, 0.4) is 0 Å². The molecule has 0 aliphatic carbocycles. The van der Waals surface area contributed by atoms with Gasteiger partial charge in [-0.2, -0.15) is 5.10 Å². The molecule has 0 aliphatic heterocycles. The minimum atomic E-state index is 0.473. The summed E-state index contributed by atoms with van der Waals surface area (Å²) >= 11 is 17.3. The first-order valence-corrected chi connectivity index (χ1v) is 7.33. The van der Waals surface area contributed by atoms with Crippen molar-refractivity contribution < 1.29 is 0 Å². The quantitative estimate of drug-likeness (QED) is 0.728. The normalized spacial score (nSPS) is 10.8. The lowest BCUT2D eigenvalue weighted by molar-refractivity contribution is 0.882. The van der Waals surface area contributed by atoms with Crippen molar-refractivity contribution in [3.63, 3.8) is 0 Å². The zero-order valence-corrected chi connectivity index (χ0v) is 13.1. The number of rotatable bonds is 3. The van der Waals surface area contributed by atoms with E-state index in [-0.39, 0.29) is 0 Å². The zero-order chi connectivity index (χ0) is 14.8. The van der Waals surface area contributed by atoms with E-state index in [1.807, 2.05) is 28.8 Å². The van der Waals surface area contributed by atoms with E-state index in [9.17, 15) is 0 Å². The molecule has 21 heavy (non-hydrogen) atoms. The van der Waals surface area contributed by atoms with Crippen LogP contribution in [0.4, 0.5) is 0 Å². The Labute approximate surface area is 136 Å². The van der Waals surface area contributed by atoms with E-state index in [0.29, 0.717) is 21.2 Å². The molecule has 0 saturated heterocycles. The number of aromatic amines is 1. The molecule has 1 aromatic carbocycles.